The van der Waals surface area contributed by atoms with Gasteiger partial charge in [0.15, 0.2) is 11.0 Å². The van der Waals surface area contributed by atoms with Gasteiger partial charge in [0.25, 0.3) is 0 Å². The molecule has 3 aromatic rings. The van der Waals surface area contributed by atoms with Gasteiger partial charge < -0.3 is 15.2 Å². The van der Waals surface area contributed by atoms with Gasteiger partial charge in [-0.05, 0) is 35.9 Å². The van der Waals surface area contributed by atoms with E-state index < -0.39 is 0 Å². The summed E-state index contributed by atoms with van der Waals surface area (Å²) in [7, 11) is 0. The van der Waals surface area contributed by atoms with Crippen molar-refractivity contribution in [3.05, 3.63) is 88.7 Å². The zero-order valence-electron chi connectivity index (χ0n) is 17.5. The van der Waals surface area contributed by atoms with Crippen LogP contribution in [0.4, 0.5) is 5.69 Å². The zero-order chi connectivity index (χ0) is 23.6. The Hall–Kier alpha value is -3.07. The van der Waals surface area contributed by atoms with Crippen LogP contribution in [0, 0.1) is 0 Å². The lowest BCUT2D eigenvalue weighted by Crippen LogP contribution is -2.23. The van der Waals surface area contributed by atoms with Gasteiger partial charge in [0, 0.05) is 28.4 Å². The van der Waals surface area contributed by atoms with E-state index in [-0.39, 0.29) is 24.1 Å². The number of aromatic nitrogens is 3. The number of amides is 2. The van der Waals surface area contributed by atoms with Crippen molar-refractivity contribution >= 4 is 58.5 Å². The lowest BCUT2D eigenvalue weighted by molar-refractivity contribution is -0.116. The van der Waals surface area contributed by atoms with E-state index in [1.165, 1.54) is 17.8 Å². The van der Waals surface area contributed by atoms with Gasteiger partial charge in [-0.25, -0.2) is 0 Å². The number of hydrogen-bond donors (Lipinski definition) is 2. The van der Waals surface area contributed by atoms with E-state index in [1.807, 2.05) is 18.2 Å². The molecule has 0 saturated heterocycles. The van der Waals surface area contributed by atoms with E-state index in [1.54, 1.807) is 47.1 Å². The van der Waals surface area contributed by atoms with Gasteiger partial charge in [0.05, 0.1) is 12.3 Å². The maximum absolute atomic E-state index is 12.3. The summed E-state index contributed by atoms with van der Waals surface area (Å²) >= 11 is 13.3. The Morgan fingerprint density at radius 2 is 1.94 bits per heavy atom. The van der Waals surface area contributed by atoms with Crippen LogP contribution in [-0.4, -0.2) is 32.3 Å². The molecule has 2 N–H and O–H groups in total. The molecule has 1 aromatic heterocycles. The molecule has 2 amide bonds. The molecule has 10 heteroatoms. The molecule has 2 aromatic carbocycles. The third-order valence-corrected chi connectivity index (χ3v) is 5.83. The average molecular weight is 502 g/mol. The van der Waals surface area contributed by atoms with E-state index in [0.29, 0.717) is 33.3 Å². The fourth-order valence-corrected chi connectivity index (χ4v) is 3.92. The van der Waals surface area contributed by atoms with Gasteiger partial charge in [0.1, 0.15) is 0 Å². The van der Waals surface area contributed by atoms with Gasteiger partial charge in [-0.2, -0.15) is 0 Å². The molecule has 0 fully saturated rings. The first-order valence-corrected chi connectivity index (χ1v) is 11.6. The van der Waals surface area contributed by atoms with Crippen LogP contribution in [0.15, 0.2) is 72.4 Å². The lowest BCUT2D eigenvalue weighted by atomic mass is 10.2. The van der Waals surface area contributed by atoms with Crippen LogP contribution in [0.25, 0.3) is 6.08 Å². The van der Waals surface area contributed by atoms with Crippen LogP contribution >= 0.6 is 35.0 Å². The number of benzene rings is 2. The molecule has 3 rings (SSSR count). The van der Waals surface area contributed by atoms with Crippen molar-refractivity contribution in [1.29, 1.82) is 0 Å². The molecular formula is C23H21Cl2N5O2S. The predicted molar refractivity (Wildman–Crippen MR) is 133 cm³/mol. The molecule has 0 aliphatic rings. The SMILES string of the molecule is C=CCn1c(CNC(=O)/C=C/c2ccccc2Cl)nnc1SCC(=O)Nc1cccc(Cl)c1. The number of nitrogens with zero attached hydrogens (tertiary/aromatic N) is 3. The third kappa shape index (κ3) is 7.49. The maximum atomic E-state index is 12.3. The van der Waals surface area contributed by atoms with E-state index in [9.17, 15) is 9.59 Å². The van der Waals surface area contributed by atoms with Gasteiger partial charge in [-0.1, -0.05) is 65.3 Å². The van der Waals surface area contributed by atoms with E-state index in [2.05, 4.69) is 27.4 Å². The predicted octanol–water partition coefficient (Wildman–Crippen LogP) is 4.83. The Morgan fingerprint density at radius 3 is 2.70 bits per heavy atom. The smallest absolute Gasteiger partial charge is 0.244 e. The highest BCUT2D eigenvalue weighted by Gasteiger charge is 2.14. The summed E-state index contributed by atoms with van der Waals surface area (Å²) in [5.41, 5.74) is 1.37. The number of carbonyl (C=O) groups excluding carboxylic acids is 2. The second-order valence-corrected chi connectivity index (χ2v) is 8.50. The van der Waals surface area contributed by atoms with Gasteiger partial charge >= 0.3 is 0 Å². The minimum absolute atomic E-state index is 0.134. The highest BCUT2D eigenvalue weighted by molar-refractivity contribution is 7.99. The molecule has 0 spiro atoms. The van der Waals surface area contributed by atoms with Crippen LogP contribution in [0.3, 0.4) is 0 Å². The molecule has 0 atom stereocenters. The van der Waals surface area contributed by atoms with Gasteiger partial charge in [-0.3, -0.25) is 9.59 Å². The summed E-state index contributed by atoms with van der Waals surface area (Å²) in [6.07, 6.45) is 4.75. The number of hydrogen-bond acceptors (Lipinski definition) is 5. The highest BCUT2D eigenvalue weighted by Crippen LogP contribution is 2.19. The summed E-state index contributed by atoms with van der Waals surface area (Å²) in [6.45, 7) is 4.36. The number of carbonyl (C=O) groups is 2. The minimum Gasteiger partial charge on any atom is -0.345 e. The van der Waals surface area contributed by atoms with Crippen LogP contribution < -0.4 is 10.6 Å². The normalized spacial score (nSPS) is 10.8. The molecule has 0 unspecified atom stereocenters. The molecule has 33 heavy (non-hydrogen) atoms. The molecule has 0 bridgehead atoms. The lowest BCUT2D eigenvalue weighted by Gasteiger charge is -2.08. The Balaban J connectivity index is 1.57. The molecule has 0 aliphatic heterocycles. The average Bonchev–Trinajstić information content (AvgIpc) is 3.17. The van der Waals surface area contributed by atoms with E-state index in [0.717, 1.165) is 5.56 Å². The first kappa shape index (κ1) is 24.6. The quantitative estimate of drug-likeness (QED) is 0.236. The highest BCUT2D eigenvalue weighted by atomic mass is 35.5. The zero-order valence-corrected chi connectivity index (χ0v) is 19.8. The minimum atomic E-state index is -0.293. The van der Waals surface area contributed by atoms with Crippen molar-refractivity contribution in [3.8, 4) is 0 Å². The number of allylic oxidation sites excluding steroid dienone is 1. The van der Waals surface area contributed by atoms with Crippen molar-refractivity contribution in [2.75, 3.05) is 11.1 Å². The molecule has 0 saturated carbocycles. The largest absolute Gasteiger partial charge is 0.345 e. The van der Waals surface area contributed by atoms with Gasteiger partial charge in [0.2, 0.25) is 11.8 Å². The first-order valence-electron chi connectivity index (χ1n) is 9.88. The second-order valence-electron chi connectivity index (χ2n) is 6.72. The molecule has 7 nitrogen and oxygen atoms in total. The number of rotatable bonds is 10. The number of nitrogens with one attached hydrogen (secondary N) is 2. The summed E-state index contributed by atoms with van der Waals surface area (Å²) in [6, 6.07) is 14.2. The molecule has 170 valence electrons. The fourth-order valence-electron chi connectivity index (χ4n) is 2.76. The summed E-state index contributed by atoms with van der Waals surface area (Å²) in [4.78, 5) is 24.5. The van der Waals surface area contributed by atoms with Crippen LogP contribution in [0.5, 0.6) is 0 Å². The first-order chi connectivity index (χ1) is 16.0. The number of halogens is 2. The Kier molecular flexibility index (Phi) is 9.12. The van der Waals surface area contributed by atoms with Crippen LogP contribution in [0.2, 0.25) is 10.0 Å². The Labute approximate surface area is 205 Å². The monoisotopic (exact) mass is 501 g/mol. The summed E-state index contributed by atoms with van der Waals surface area (Å²) < 4.78 is 1.79. The van der Waals surface area contributed by atoms with Crippen LogP contribution in [0.1, 0.15) is 11.4 Å². The van der Waals surface area contributed by atoms with E-state index in [4.69, 9.17) is 23.2 Å². The third-order valence-electron chi connectivity index (χ3n) is 4.29. The van der Waals surface area contributed by atoms with Crippen molar-refractivity contribution in [2.24, 2.45) is 0 Å². The van der Waals surface area contributed by atoms with Crippen molar-refractivity contribution in [2.45, 2.75) is 18.2 Å². The Morgan fingerprint density at radius 1 is 1.12 bits per heavy atom. The van der Waals surface area contributed by atoms with Crippen molar-refractivity contribution < 1.29 is 9.59 Å². The summed E-state index contributed by atoms with van der Waals surface area (Å²) in [5, 5.41) is 15.5. The van der Waals surface area contributed by atoms with Crippen molar-refractivity contribution in [3.63, 3.8) is 0 Å². The number of anilines is 1. The topological polar surface area (TPSA) is 88.9 Å². The fraction of sp³-hybridized carbons (Fsp3) is 0.130. The molecule has 0 radical (unpaired) electrons. The van der Waals surface area contributed by atoms with Crippen molar-refractivity contribution in [1.82, 2.24) is 20.1 Å². The Bertz CT molecular complexity index is 1180. The standard InChI is InChI=1S/C23H21Cl2N5O2S/c1-2-12-30-20(14-26-21(31)11-10-16-6-3-4-9-19(16)25)28-29-23(30)33-15-22(32)27-18-8-5-7-17(24)13-18/h2-11,13H,1,12,14-15H2,(H,26,31)(H,27,32)/b11-10+. The van der Waals surface area contributed by atoms with E-state index >= 15 is 0 Å². The molecule has 0 aliphatic carbocycles. The van der Waals surface area contributed by atoms with Gasteiger partial charge in [-0.15, -0.1) is 16.8 Å². The summed E-state index contributed by atoms with van der Waals surface area (Å²) in [5.74, 6) is 0.189. The number of thioether (sulfide) groups is 1. The second kappa shape index (κ2) is 12.2. The van der Waals surface area contributed by atoms with Crippen LogP contribution in [-0.2, 0) is 22.7 Å². The maximum Gasteiger partial charge on any atom is 0.244 e. The molecule has 1 heterocycles. The molecular weight excluding hydrogens is 481 g/mol.